The van der Waals surface area contributed by atoms with Gasteiger partial charge < -0.3 is 10.1 Å². The number of nitriles is 1. The van der Waals surface area contributed by atoms with E-state index in [1.807, 2.05) is 6.07 Å². The van der Waals surface area contributed by atoms with Crippen molar-refractivity contribution in [2.24, 2.45) is 0 Å². The van der Waals surface area contributed by atoms with Crippen LogP contribution in [0, 0.1) is 11.3 Å². The summed E-state index contributed by atoms with van der Waals surface area (Å²) in [6, 6.07) is 4.19. The highest BCUT2D eigenvalue weighted by Gasteiger charge is 2.15. The Hall–Kier alpha value is -1.60. The Kier molecular flexibility index (Phi) is 3.94. The van der Waals surface area contributed by atoms with E-state index in [0.717, 1.165) is 50.3 Å². The Bertz CT molecular complexity index is 437. The average Bonchev–Trinajstić information content (AvgIpc) is 2.80. The smallest absolute Gasteiger partial charge is 0.144 e. The van der Waals surface area contributed by atoms with Crippen molar-refractivity contribution in [3.63, 3.8) is 0 Å². The summed E-state index contributed by atoms with van der Waals surface area (Å²) < 4.78 is 4.98. The zero-order chi connectivity index (χ0) is 12.1. The van der Waals surface area contributed by atoms with Crippen LogP contribution in [-0.2, 0) is 17.6 Å². The zero-order valence-corrected chi connectivity index (χ0v) is 10.1. The quantitative estimate of drug-likeness (QED) is 0.786. The topological polar surface area (TPSA) is 57.9 Å². The number of nitrogens with zero attached hydrogens (tertiary/aromatic N) is 2. The first-order chi connectivity index (χ1) is 8.35. The zero-order valence-electron chi connectivity index (χ0n) is 10.1. The van der Waals surface area contributed by atoms with Gasteiger partial charge >= 0.3 is 0 Å². The minimum Gasteiger partial charge on any atom is -0.385 e. The third kappa shape index (κ3) is 2.75. The van der Waals surface area contributed by atoms with E-state index in [1.165, 1.54) is 5.56 Å². The summed E-state index contributed by atoms with van der Waals surface area (Å²) >= 11 is 0. The summed E-state index contributed by atoms with van der Waals surface area (Å²) in [5.74, 6) is 0.726. The second-order valence-electron chi connectivity index (χ2n) is 4.23. The maximum atomic E-state index is 9.10. The Balaban J connectivity index is 2.08. The Labute approximate surface area is 102 Å². The van der Waals surface area contributed by atoms with Crippen LogP contribution in [0.25, 0.3) is 0 Å². The Morgan fingerprint density at radius 1 is 1.53 bits per heavy atom. The summed E-state index contributed by atoms with van der Waals surface area (Å²) in [4.78, 5) is 4.55. The second kappa shape index (κ2) is 5.65. The van der Waals surface area contributed by atoms with E-state index in [9.17, 15) is 0 Å². The molecule has 2 rings (SSSR count). The van der Waals surface area contributed by atoms with Gasteiger partial charge in [-0.05, 0) is 37.3 Å². The van der Waals surface area contributed by atoms with Crippen molar-refractivity contribution < 1.29 is 4.74 Å². The maximum Gasteiger partial charge on any atom is 0.144 e. The number of anilines is 1. The lowest BCUT2D eigenvalue weighted by atomic mass is 10.1. The third-order valence-electron chi connectivity index (χ3n) is 2.99. The predicted molar refractivity (Wildman–Crippen MR) is 66.0 cm³/mol. The lowest BCUT2D eigenvalue weighted by Gasteiger charge is -2.09. The van der Waals surface area contributed by atoms with Gasteiger partial charge in [-0.2, -0.15) is 5.26 Å². The first kappa shape index (κ1) is 11.9. The third-order valence-corrected chi connectivity index (χ3v) is 2.99. The van der Waals surface area contributed by atoms with E-state index in [1.54, 1.807) is 7.11 Å². The molecule has 0 atom stereocenters. The van der Waals surface area contributed by atoms with Gasteiger partial charge in [0.15, 0.2) is 0 Å². The van der Waals surface area contributed by atoms with Crippen LogP contribution in [0.5, 0.6) is 0 Å². The van der Waals surface area contributed by atoms with E-state index in [4.69, 9.17) is 10.00 Å². The van der Waals surface area contributed by atoms with Crippen molar-refractivity contribution in [2.75, 3.05) is 25.6 Å². The molecule has 1 aliphatic rings. The molecule has 1 heterocycles. The summed E-state index contributed by atoms with van der Waals surface area (Å²) in [6.07, 6.45) is 4.16. The fourth-order valence-electron chi connectivity index (χ4n) is 2.12. The van der Waals surface area contributed by atoms with Crippen LogP contribution in [0.15, 0.2) is 6.07 Å². The van der Waals surface area contributed by atoms with E-state index >= 15 is 0 Å². The van der Waals surface area contributed by atoms with Gasteiger partial charge in [-0.15, -0.1) is 0 Å². The fraction of sp³-hybridized carbons (Fsp3) is 0.538. The molecule has 0 spiro atoms. The first-order valence-electron chi connectivity index (χ1n) is 6.01. The van der Waals surface area contributed by atoms with Gasteiger partial charge in [0.1, 0.15) is 11.9 Å². The van der Waals surface area contributed by atoms with Crippen molar-refractivity contribution in [2.45, 2.75) is 25.7 Å². The standard InChI is InChI=1S/C13H17N3O/c1-17-7-3-6-15-13-11(9-14)8-10-4-2-5-12(10)16-13/h8H,2-7H2,1H3,(H,15,16). The highest BCUT2D eigenvalue weighted by atomic mass is 16.5. The minimum atomic E-state index is 0.656. The van der Waals surface area contributed by atoms with Gasteiger partial charge in [0.25, 0.3) is 0 Å². The molecule has 0 fully saturated rings. The number of pyridine rings is 1. The molecule has 0 saturated heterocycles. The van der Waals surface area contributed by atoms with E-state index in [0.29, 0.717) is 5.56 Å². The number of ether oxygens (including phenoxy) is 1. The molecule has 1 N–H and O–H groups in total. The molecule has 90 valence electrons. The van der Waals surface area contributed by atoms with Crippen LogP contribution >= 0.6 is 0 Å². The molecule has 4 nitrogen and oxygen atoms in total. The molecule has 1 aromatic heterocycles. The van der Waals surface area contributed by atoms with Crippen molar-refractivity contribution in [1.29, 1.82) is 5.26 Å². The summed E-state index contributed by atoms with van der Waals surface area (Å²) in [7, 11) is 1.69. The fourth-order valence-corrected chi connectivity index (χ4v) is 2.12. The molecular formula is C13H17N3O. The van der Waals surface area contributed by atoms with Crippen molar-refractivity contribution in [1.82, 2.24) is 4.98 Å². The van der Waals surface area contributed by atoms with Crippen molar-refractivity contribution in [3.8, 4) is 6.07 Å². The van der Waals surface area contributed by atoms with Crippen LogP contribution in [0.4, 0.5) is 5.82 Å². The van der Waals surface area contributed by atoms with Crippen LogP contribution in [0.1, 0.15) is 29.7 Å². The lowest BCUT2D eigenvalue weighted by molar-refractivity contribution is 0.197. The van der Waals surface area contributed by atoms with Gasteiger partial charge in [-0.25, -0.2) is 4.98 Å². The SMILES string of the molecule is COCCCNc1nc2c(cc1C#N)CCC2. The van der Waals surface area contributed by atoms with Gasteiger partial charge in [0.2, 0.25) is 0 Å². The molecule has 1 aliphatic carbocycles. The highest BCUT2D eigenvalue weighted by Crippen LogP contribution is 2.24. The average molecular weight is 231 g/mol. The predicted octanol–water partition coefficient (Wildman–Crippen LogP) is 1.89. The van der Waals surface area contributed by atoms with E-state index in [-0.39, 0.29) is 0 Å². The number of nitrogens with one attached hydrogen (secondary N) is 1. The number of hydrogen-bond acceptors (Lipinski definition) is 4. The second-order valence-corrected chi connectivity index (χ2v) is 4.23. The number of fused-ring (bicyclic) bond motifs is 1. The number of hydrogen-bond donors (Lipinski definition) is 1. The number of rotatable bonds is 5. The number of aryl methyl sites for hydroxylation is 2. The van der Waals surface area contributed by atoms with Crippen molar-refractivity contribution >= 4 is 5.82 Å². The Morgan fingerprint density at radius 2 is 2.41 bits per heavy atom. The summed E-state index contributed by atoms with van der Waals surface area (Å²) in [6.45, 7) is 1.51. The van der Waals surface area contributed by atoms with Crippen LogP contribution in [-0.4, -0.2) is 25.2 Å². The molecule has 0 aromatic carbocycles. The number of aromatic nitrogens is 1. The largest absolute Gasteiger partial charge is 0.385 e. The molecule has 0 aliphatic heterocycles. The van der Waals surface area contributed by atoms with Gasteiger partial charge in [0, 0.05) is 26.0 Å². The van der Waals surface area contributed by atoms with Gasteiger partial charge in [-0.3, -0.25) is 0 Å². The highest BCUT2D eigenvalue weighted by molar-refractivity contribution is 5.55. The monoisotopic (exact) mass is 231 g/mol. The normalized spacial score (nSPS) is 13.2. The number of methoxy groups -OCH3 is 1. The summed E-state index contributed by atoms with van der Waals surface area (Å²) in [5, 5.41) is 12.3. The molecular weight excluding hydrogens is 214 g/mol. The van der Waals surface area contributed by atoms with Crippen molar-refractivity contribution in [3.05, 3.63) is 22.9 Å². The molecule has 4 heteroatoms. The van der Waals surface area contributed by atoms with E-state index < -0.39 is 0 Å². The molecule has 17 heavy (non-hydrogen) atoms. The first-order valence-corrected chi connectivity index (χ1v) is 6.01. The molecule has 0 bridgehead atoms. The molecule has 0 radical (unpaired) electrons. The molecule has 0 amide bonds. The van der Waals surface area contributed by atoms with Gasteiger partial charge in [-0.1, -0.05) is 0 Å². The molecule has 1 aromatic rings. The van der Waals surface area contributed by atoms with Crippen LogP contribution in [0.2, 0.25) is 0 Å². The maximum absolute atomic E-state index is 9.10. The van der Waals surface area contributed by atoms with Gasteiger partial charge in [0.05, 0.1) is 5.56 Å². The Morgan fingerprint density at radius 3 is 3.18 bits per heavy atom. The summed E-state index contributed by atoms with van der Waals surface area (Å²) in [5.41, 5.74) is 3.05. The van der Waals surface area contributed by atoms with E-state index in [2.05, 4.69) is 16.4 Å². The lowest BCUT2D eigenvalue weighted by Crippen LogP contribution is -2.08. The minimum absolute atomic E-state index is 0.656. The molecule has 0 saturated carbocycles. The van der Waals surface area contributed by atoms with Crippen LogP contribution in [0.3, 0.4) is 0 Å². The molecule has 0 unspecified atom stereocenters. The van der Waals surface area contributed by atoms with Crippen LogP contribution < -0.4 is 5.32 Å².